The molecule has 0 fully saturated rings. The second kappa shape index (κ2) is 4.29. The van der Waals surface area contributed by atoms with Crippen molar-refractivity contribution < 1.29 is 8.78 Å². The summed E-state index contributed by atoms with van der Waals surface area (Å²) in [5.41, 5.74) is 0.752. The van der Waals surface area contributed by atoms with Gasteiger partial charge in [0.1, 0.15) is 0 Å². The van der Waals surface area contributed by atoms with E-state index in [1.807, 2.05) is 0 Å². The van der Waals surface area contributed by atoms with Crippen LogP contribution in [0.5, 0.6) is 0 Å². The van der Waals surface area contributed by atoms with E-state index in [0.717, 1.165) is 6.07 Å². The summed E-state index contributed by atoms with van der Waals surface area (Å²) in [7, 11) is 0. The van der Waals surface area contributed by atoms with Crippen molar-refractivity contribution in [2.75, 3.05) is 5.75 Å². The molecule has 0 aliphatic carbocycles. The third kappa shape index (κ3) is 2.22. The van der Waals surface area contributed by atoms with Gasteiger partial charge < -0.3 is 0 Å². The van der Waals surface area contributed by atoms with Crippen molar-refractivity contribution in [1.29, 1.82) is 0 Å². The second-order valence-electron chi connectivity index (χ2n) is 2.49. The van der Waals surface area contributed by atoms with E-state index in [0.29, 0.717) is 11.3 Å². The van der Waals surface area contributed by atoms with E-state index in [9.17, 15) is 8.78 Å². The topological polar surface area (TPSA) is 0 Å². The molecule has 3 heteroatoms. The molecule has 1 aromatic carbocycles. The van der Waals surface area contributed by atoms with E-state index in [1.165, 1.54) is 13.0 Å². The molecule has 0 atom stereocenters. The monoisotopic (exact) mass is 198 g/mol. The summed E-state index contributed by atoms with van der Waals surface area (Å²) in [5, 5.41) is 0. The highest BCUT2D eigenvalue weighted by atomic mass is 32.1. The van der Waals surface area contributed by atoms with Gasteiger partial charge in [-0.2, -0.15) is 12.6 Å². The van der Waals surface area contributed by atoms with Gasteiger partial charge in [0.05, 0.1) is 5.75 Å². The molecule has 0 N–H and O–H groups in total. The molecular weight excluding hydrogens is 190 g/mol. The van der Waals surface area contributed by atoms with E-state index in [4.69, 9.17) is 0 Å². The number of hydrogen-bond donors (Lipinski definition) is 1. The minimum atomic E-state index is -0.839. The third-order valence-corrected chi connectivity index (χ3v) is 1.80. The zero-order valence-electron chi connectivity index (χ0n) is 7.06. The minimum Gasteiger partial charge on any atom is -0.204 e. The molecule has 0 aromatic heterocycles. The first-order chi connectivity index (χ1) is 6.16. The lowest BCUT2D eigenvalue weighted by Gasteiger charge is -1.99. The molecular formula is C10H8F2S. The lowest BCUT2D eigenvalue weighted by Crippen LogP contribution is -1.92. The molecule has 0 radical (unpaired) electrons. The summed E-state index contributed by atoms with van der Waals surface area (Å²) in [6.07, 6.45) is 0. The van der Waals surface area contributed by atoms with Crippen LogP contribution < -0.4 is 0 Å². The number of rotatable bonds is 0. The molecule has 0 aliphatic rings. The van der Waals surface area contributed by atoms with Crippen molar-refractivity contribution in [3.63, 3.8) is 0 Å². The first-order valence-corrected chi connectivity index (χ1v) is 4.34. The van der Waals surface area contributed by atoms with Crippen molar-refractivity contribution in [3.05, 3.63) is 34.9 Å². The fourth-order valence-corrected chi connectivity index (χ4v) is 1.00. The molecule has 0 heterocycles. The average Bonchev–Trinajstić information content (AvgIpc) is 2.13. The molecule has 1 rings (SSSR count). The van der Waals surface area contributed by atoms with Gasteiger partial charge in [0.15, 0.2) is 11.6 Å². The van der Waals surface area contributed by atoms with Crippen LogP contribution in [-0.2, 0) is 0 Å². The zero-order valence-corrected chi connectivity index (χ0v) is 7.96. The van der Waals surface area contributed by atoms with Crippen molar-refractivity contribution in [3.8, 4) is 11.8 Å². The van der Waals surface area contributed by atoms with E-state index < -0.39 is 11.6 Å². The number of halogens is 2. The van der Waals surface area contributed by atoms with Crippen LogP contribution in [0.2, 0.25) is 0 Å². The smallest absolute Gasteiger partial charge is 0.162 e. The maximum Gasteiger partial charge on any atom is 0.162 e. The average molecular weight is 198 g/mol. The van der Waals surface area contributed by atoms with Crippen molar-refractivity contribution >= 4 is 12.6 Å². The fraction of sp³-hybridized carbons (Fsp3) is 0.200. The largest absolute Gasteiger partial charge is 0.204 e. The highest BCUT2D eigenvalue weighted by Gasteiger charge is 2.07. The fourth-order valence-electron chi connectivity index (χ4n) is 0.922. The Balaban J connectivity index is 3.18. The van der Waals surface area contributed by atoms with Gasteiger partial charge in [-0.15, -0.1) is 0 Å². The van der Waals surface area contributed by atoms with Gasteiger partial charge in [-0.3, -0.25) is 0 Å². The van der Waals surface area contributed by atoms with Crippen LogP contribution in [0.1, 0.15) is 11.1 Å². The van der Waals surface area contributed by atoms with Gasteiger partial charge in [0.2, 0.25) is 0 Å². The second-order valence-corrected chi connectivity index (χ2v) is 2.81. The van der Waals surface area contributed by atoms with Crippen LogP contribution in [0.3, 0.4) is 0 Å². The highest BCUT2D eigenvalue weighted by Crippen LogP contribution is 2.14. The molecule has 0 spiro atoms. The van der Waals surface area contributed by atoms with Crippen molar-refractivity contribution in [2.24, 2.45) is 0 Å². The van der Waals surface area contributed by atoms with Crippen molar-refractivity contribution in [1.82, 2.24) is 0 Å². The van der Waals surface area contributed by atoms with E-state index >= 15 is 0 Å². The highest BCUT2D eigenvalue weighted by molar-refractivity contribution is 7.80. The van der Waals surface area contributed by atoms with E-state index in [1.54, 1.807) is 0 Å². The Labute approximate surface area is 81.4 Å². The van der Waals surface area contributed by atoms with Crippen molar-refractivity contribution in [2.45, 2.75) is 6.92 Å². The number of benzene rings is 1. The molecule has 0 amide bonds. The third-order valence-electron chi connectivity index (χ3n) is 1.64. The predicted molar refractivity (Wildman–Crippen MR) is 51.8 cm³/mol. The zero-order chi connectivity index (χ0) is 9.84. The predicted octanol–water partition coefficient (Wildman–Crippen LogP) is 2.55. The lowest BCUT2D eigenvalue weighted by molar-refractivity contribution is 0.502. The Morgan fingerprint density at radius 1 is 1.38 bits per heavy atom. The summed E-state index contributed by atoms with van der Waals surface area (Å²) < 4.78 is 25.6. The van der Waals surface area contributed by atoms with Crippen LogP contribution in [0, 0.1) is 30.4 Å². The summed E-state index contributed by atoms with van der Waals surface area (Å²) >= 11 is 3.89. The molecule has 0 nitrogen and oxygen atoms in total. The Bertz CT molecular complexity index is 374. The molecule has 0 saturated carbocycles. The van der Waals surface area contributed by atoms with E-state index in [2.05, 4.69) is 24.5 Å². The standard InChI is InChI=1S/C10H8F2S/c1-7-8(3-2-6-13)4-5-9(11)10(7)12/h4-5,13H,6H2,1H3. The molecule has 0 saturated heterocycles. The quantitative estimate of drug-likeness (QED) is 0.480. The SMILES string of the molecule is Cc1c(C#CCS)ccc(F)c1F. The lowest BCUT2D eigenvalue weighted by atomic mass is 10.1. The summed E-state index contributed by atoms with van der Waals surface area (Å²) in [5.74, 6) is 4.11. The molecule has 0 bridgehead atoms. The maximum absolute atomic E-state index is 13.0. The molecule has 1 aromatic rings. The van der Waals surface area contributed by atoms with Gasteiger partial charge in [-0.05, 0) is 19.1 Å². The Morgan fingerprint density at radius 3 is 2.69 bits per heavy atom. The molecule has 68 valence electrons. The molecule has 13 heavy (non-hydrogen) atoms. The first kappa shape index (κ1) is 10.1. The summed E-state index contributed by atoms with van der Waals surface area (Å²) in [6.45, 7) is 1.50. The van der Waals surface area contributed by atoms with Gasteiger partial charge in [0.25, 0.3) is 0 Å². The van der Waals surface area contributed by atoms with Crippen LogP contribution >= 0.6 is 12.6 Å². The Morgan fingerprint density at radius 2 is 2.08 bits per heavy atom. The number of thiol groups is 1. The van der Waals surface area contributed by atoms with Crippen LogP contribution in [-0.4, -0.2) is 5.75 Å². The van der Waals surface area contributed by atoms with Crippen LogP contribution in [0.25, 0.3) is 0 Å². The molecule has 0 aliphatic heterocycles. The van der Waals surface area contributed by atoms with Crippen LogP contribution in [0.4, 0.5) is 8.78 Å². The first-order valence-electron chi connectivity index (χ1n) is 3.71. The summed E-state index contributed by atoms with van der Waals surface area (Å²) in [6, 6.07) is 2.54. The van der Waals surface area contributed by atoms with Gasteiger partial charge in [-0.1, -0.05) is 11.8 Å². The van der Waals surface area contributed by atoms with Gasteiger partial charge in [-0.25, -0.2) is 8.78 Å². The molecule has 0 unspecified atom stereocenters. The van der Waals surface area contributed by atoms with Gasteiger partial charge in [0, 0.05) is 11.1 Å². The van der Waals surface area contributed by atoms with E-state index in [-0.39, 0.29) is 5.56 Å². The normalized spacial score (nSPS) is 9.23. The minimum absolute atomic E-state index is 0.245. The van der Waals surface area contributed by atoms with Crippen LogP contribution in [0.15, 0.2) is 12.1 Å². The van der Waals surface area contributed by atoms with Gasteiger partial charge >= 0.3 is 0 Å². The maximum atomic E-state index is 13.0. The summed E-state index contributed by atoms with van der Waals surface area (Å²) in [4.78, 5) is 0. The Hall–Kier alpha value is -1.01. The Kier molecular flexibility index (Phi) is 3.32. The number of hydrogen-bond acceptors (Lipinski definition) is 1.